The molecule has 2 N–H and O–H groups in total. The summed E-state index contributed by atoms with van der Waals surface area (Å²) in [5, 5.41) is 5.40. The van der Waals surface area contributed by atoms with Gasteiger partial charge in [0.15, 0.2) is 6.29 Å². The van der Waals surface area contributed by atoms with E-state index >= 15 is 0 Å². The van der Waals surface area contributed by atoms with E-state index in [2.05, 4.69) is 30.6 Å². The maximum absolute atomic E-state index is 12.6. The molecule has 8 nitrogen and oxygen atoms in total. The molecular weight excluding hydrogens is 485 g/mol. The Labute approximate surface area is 211 Å². The minimum atomic E-state index is -4.69. The van der Waals surface area contributed by atoms with Crippen LogP contribution in [0.5, 0.6) is 0 Å². The van der Waals surface area contributed by atoms with Gasteiger partial charge in [-0.25, -0.2) is 9.97 Å². The first-order valence-electron chi connectivity index (χ1n) is 10.9. The summed E-state index contributed by atoms with van der Waals surface area (Å²) in [5.74, 6) is -1.96. The Bertz CT molecular complexity index is 1390. The first-order valence-corrected chi connectivity index (χ1v) is 10.9. The number of nitrogens with zero attached hydrogens (tertiary/aromatic N) is 4. The van der Waals surface area contributed by atoms with E-state index in [1.54, 1.807) is 30.5 Å². The van der Waals surface area contributed by atoms with Crippen LogP contribution in [0, 0.1) is 6.92 Å². The number of amides is 1. The first-order chi connectivity index (χ1) is 17.7. The SMILES string of the molecule is CNC.Cc1ccc(NC(=O)c2cnc(C(F)(F)F)nc2)cc1-c1ccnc(-c2ccnc(C=O)c2)c1. The molecule has 0 aliphatic carbocycles. The summed E-state index contributed by atoms with van der Waals surface area (Å²) >= 11 is 0. The normalized spacial score (nSPS) is 10.8. The zero-order valence-corrected chi connectivity index (χ0v) is 20.2. The van der Waals surface area contributed by atoms with E-state index in [-0.39, 0.29) is 11.3 Å². The van der Waals surface area contributed by atoms with Gasteiger partial charge in [0.25, 0.3) is 5.91 Å². The lowest BCUT2D eigenvalue weighted by Gasteiger charge is -2.12. The molecule has 11 heteroatoms. The molecule has 37 heavy (non-hydrogen) atoms. The summed E-state index contributed by atoms with van der Waals surface area (Å²) in [6, 6.07) is 12.3. The van der Waals surface area contributed by atoms with Crippen molar-refractivity contribution < 1.29 is 22.8 Å². The van der Waals surface area contributed by atoms with Crippen LogP contribution in [0.2, 0.25) is 0 Å². The summed E-state index contributed by atoms with van der Waals surface area (Å²) < 4.78 is 37.9. The van der Waals surface area contributed by atoms with Crippen LogP contribution in [0.4, 0.5) is 18.9 Å². The molecule has 4 rings (SSSR count). The average Bonchev–Trinajstić information content (AvgIpc) is 2.90. The largest absolute Gasteiger partial charge is 0.451 e. The number of hydrogen-bond acceptors (Lipinski definition) is 7. The molecule has 0 saturated carbocycles. The number of alkyl halides is 3. The van der Waals surface area contributed by atoms with Crippen molar-refractivity contribution in [2.75, 3.05) is 19.4 Å². The molecule has 0 bridgehead atoms. The molecule has 1 amide bonds. The third-order valence-electron chi connectivity index (χ3n) is 4.93. The predicted octanol–water partition coefficient (Wildman–Crippen LogP) is 4.83. The molecule has 0 fully saturated rings. The smallest absolute Gasteiger partial charge is 0.323 e. The summed E-state index contributed by atoms with van der Waals surface area (Å²) in [6.45, 7) is 1.90. The van der Waals surface area contributed by atoms with Crippen molar-refractivity contribution in [2.45, 2.75) is 13.1 Å². The van der Waals surface area contributed by atoms with E-state index in [9.17, 15) is 22.8 Å². The van der Waals surface area contributed by atoms with Gasteiger partial charge in [0.1, 0.15) is 5.69 Å². The number of aryl methyl sites for hydroxylation is 1. The molecule has 0 aliphatic heterocycles. The number of nitrogens with one attached hydrogen (secondary N) is 2. The standard InChI is InChI=1S/C24H16F3N5O2.C2H7N/c1-14-2-3-18(32-22(34)17-11-30-23(31-12-17)24(25,26)27)10-20(14)15-4-7-29-21(9-15)16-5-6-28-19(8-16)13-33;1-3-2/h2-13H,1H3,(H,32,34);3H,1-2H3. The molecule has 3 aromatic heterocycles. The van der Waals surface area contributed by atoms with Gasteiger partial charge in [-0.2, -0.15) is 13.2 Å². The van der Waals surface area contributed by atoms with Gasteiger partial charge >= 0.3 is 6.18 Å². The van der Waals surface area contributed by atoms with Crippen molar-refractivity contribution in [3.8, 4) is 22.4 Å². The lowest BCUT2D eigenvalue weighted by molar-refractivity contribution is -0.145. The topological polar surface area (TPSA) is 110 Å². The van der Waals surface area contributed by atoms with Gasteiger partial charge < -0.3 is 10.6 Å². The number of anilines is 1. The fraction of sp³-hybridized carbons (Fsp3) is 0.154. The van der Waals surface area contributed by atoms with E-state index < -0.39 is 17.9 Å². The lowest BCUT2D eigenvalue weighted by atomic mass is 9.99. The number of aromatic nitrogens is 4. The van der Waals surface area contributed by atoms with E-state index in [0.29, 0.717) is 17.7 Å². The molecule has 0 saturated heterocycles. The van der Waals surface area contributed by atoms with Crippen LogP contribution in [0.25, 0.3) is 22.4 Å². The Morgan fingerprint density at radius 2 is 1.54 bits per heavy atom. The second kappa shape index (κ2) is 12.0. The van der Waals surface area contributed by atoms with Crippen molar-refractivity contribution in [3.05, 3.63) is 89.9 Å². The van der Waals surface area contributed by atoms with Crippen LogP contribution in [0.3, 0.4) is 0 Å². The molecule has 3 heterocycles. The highest BCUT2D eigenvalue weighted by atomic mass is 19.4. The summed E-state index contributed by atoms with van der Waals surface area (Å²) in [6.07, 6.45) is 0.797. The van der Waals surface area contributed by atoms with Crippen LogP contribution in [-0.4, -0.2) is 46.2 Å². The molecular formula is C26H23F3N6O2. The van der Waals surface area contributed by atoms with Crippen LogP contribution in [0.15, 0.2) is 67.3 Å². The van der Waals surface area contributed by atoms with Gasteiger partial charge in [-0.05, 0) is 74.1 Å². The van der Waals surface area contributed by atoms with E-state index in [0.717, 1.165) is 34.6 Å². The molecule has 0 spiro atoms. The molecule has 0 atom stereocenters. The first kappa shape index (κ1) is 27.1. The lowest BCUT2D eigenvalue weighted by Crippen LogP contribution is -2.16. The number of rotatable bonds is 5. The zero-order valence-electron chi connectivity index (χ0n) is 20.2. The predicted molar refractivity (Wildman–Crippen MR) is 133 cm³/mol. The van der Waals surface area contributed by atoms with Crippen LogP contribution < -0.4 is 10.6 Å². The maximum atomic E-state index is 12.6. The highest BCUT2D eigenvalue weighted by Gasteiger charge is 2.34. The fourth-order valence-electron chi connectivity index (χ4n) is 3.23. The van der Waals surface area contributed by atoms with E-state index in [4.69, 9.17) is 0 Å². The molecule has 0 radical (unpaired) electrons. The van der Waals surface area contributed by atoms with Gasteiger partial charge in [0.2, 0.25) is 5.82 Å². The molecule has 1 aromatic carbocycles. The van der Waals surface area contributed by atoms with Crippen LogP contribution in [0.1, 0.15) is 32.2 Å². The quantitative estimate of drug-likeness (QED) is 0.372. The van der Waals surface area contributed by atoms with Gasteiger partial charge in [-0.1, -0.05) is 6.07 Å². The number of carbonyl (C=O) groups excluding carboxylic acids is 2. The van der Waals surface area contributed by atoms with Crippen molar-refractivity contribution in [2.24, 2.45) is 0 Å². The zero-order chi connectivity index (χ0) is 27.0. The minimum Gasteiger partial charge on any atom is -0.323 e. The molecule has 0 aliphatic rings. The Hall–Kier alpha value is -4.51. The average molecular weight is 509 g/mol. The van der Waals surface area contributed by atoms with Crippen molar-refractivity contribution in [1.29, 1.82) is 0 Å². The Kier molecular flexibility index (Phi) is 8.75. The highest BCUT2D eigenvalue weighted by Crippen LogP contribution is 2.30. The summed E-state index contributed by atoms with van der Waals surface area (Å²) in [5.41, 5.74) is 4.55. The van der Waals surface area contributed by atoms with E-state index in [1.165, 1.54) is 6.20 Å². The second-order valence-corrected chi connectivity index (χ2v) is 7.79. The van der Waals surface area contributed by atoms with Crippen molar-refractivity contribution in [1.82, 2.24) is 25.3 Å². The Balaban J connectivity index is 0.00000121. The number of hydrogen-bond donors (Lipinski definition) is 2. The summed E-state index contributed by atoms with van der Waals surface area (Å²) in [4.78, 5) is 38.3. The van der Waals surface area contributed by atoms with Crippen LogP contribution in [-0.2, 0) is 6.18 Å². The number of benzene rings is 1. The summed E-state index contributed by atoms with van der Waals surface area (Å²) in [7, 11) is 3.75. The van der Waals surface area contributed by atoms with E-state index in [1.807, 2.05) is 39.2 Å². The third kappa shape index (κ3) is 7.01. The number of carbonyl (C=O) groups is 2. The number of halogens is 3. The Morgan fingerprint density at radius 1 is 0.892 bits per heavy atom. The minimum absolute atomic E-state index is 0.106. The number of pyridine rings is 2. The monoisotopic (exact) mass is 508 g/mol. The molecule has 190 valence electrons. The molecule has 0 unspecified atom stereocenters. The van der Waals surface area contributed by atoms with Crippen molar-refractivity contribution >= 4 is 17.9 Å². The Morgan fingerprint density at radius 3 is 2.19 bits per heavy atom. The van der Waals surface area contributed by atoms with Crippen LogP contribution >= 0.6 is 0 Å². The highest BCUT2D eigenvalue weighted by molar-refractivity contribution is 6.04. The fourth-order valence-corrected chi connectivity index (χ4v) is 3.23. The number of aldehydes is 1. The van der Waals surface area contributed by atoms with Gasteiger partial charge in [0, 0.05) is 36.0 Å². The maximum Gasteiger partial charge on any atom is 0.451 e. The van der Waals surface area contributed by atoms with Crippen molar-refractivity contribution in [3.63, 3.8) is 0 Å². The second-order valence-electron chi connectivity index (χ2n) is 7.79. The third-order valence-corrected chi connectivity index (χ3v) is 4.93. The van der Waals surface area contributed by atoms with Gasteiger partial charge in [0.05, 0.1) is 11.3 Å². The van der Waals surface area contributed by atoms with Gasteiger partial charge in [-0.15, -0.1) is 0 Å². The molecule has 4 aromatic rings. The van der Waals surface area contributed by atoms with Gasteiger partial charge in [-0.3, -0.25) is 19.6 Å².